The first kappa shape index (κ1) is 21.7. The Kier molecular flexibility index (Phi) is 5.97. The van der Waals surface area contributed by atoms with Crippen molar-refractivity contribution in [3.8, 4) is 0 Å². The van der Waals surface area contributed by atoms with Gasteiger partial charge >= 0.3 is 0 Å². The van der Waals surface area contributed by atoms with Gasteiger partial charge in [0.1, 0.15) is 4.83 Å². The highest BCUT2D eigenvalue weighted by molar-refractivity contribution is 7.18. The average molecular weight is 449 g/mol. The minimum atomic E-state index is -2.57. The molecule has 0 aliphatic heterocycles. The normalized spacial score (nSPS) is 13.4. The molecule has 2 aromatic carbocycles. The maximum atomic E-state index is 12.1. The summed E-state index contributed by atoms with van der Waals surface area (Å²) in [5, 5.41) is 3.14. The minimum Gasteiger partial charge on any atom is -0.407 e. The predicted octanol–water partition coefficient (Wildman–Crippen LogP) is 4.66. The second-order valence-electron chi connectivity index (χ2n) is 8.97. The van der Waals surface area contributed by atoms with E-state index in [4.69, 9.17) is 4.43 Å². The third-order valence-electron chi connectivity index (χ3n) is 5.81. The summed E-state index contributed by atoms with van der Waals surface area (Å²) in [6, 6.07) is 23.3. The van der Waals surface area contributed by atoms with E-state index in [1.54, 1.807) is 11.3 Å². The Bertz CT molecular complexity index is 1170. The van der Waals surface area contributed by atoms with Crippen LogP contribution in [0.1, 0.15) is 38.5 Å². The highest BCUT2D eigenvalue weighted by Gasteiger charge is 2.50. The summed E-state index contributed by atoms with van der Waals surface area (Å²) in [4.78, 5) is 21.0. The molecule has 0 spiro atoms. The van der Waals surface area contributed by atoms with E-state index >= 15 is 0 Å². The fourth-order valence-electron chi connectivity index (χ4n) is 4.22. The lowest BCUT2D eigenvalue weighted by molar-refractivity contribution is 0.279. The molecule has 0 radical (unpaired) electrons. The van der Waals surface area contributed by atoms with Crippen LogP contribution in [0.15, 0.2) is 77.9 Å². The fourth-order valence-corrected chi connectivity index (χ4v) is 9.91. The van der Waals surface area contributed by atoms with Crippen LogP contribution in [0.2, 0.25) is 5.04 Å². The molecule has 0 saturated heterocycles. The molecular formula is C25H28N2O2SSi. The zero-order chi connectivity index (χ0) is 22.1. The van der Waals surface area contributed by atoms with Crippen molar-refractivity contribution < 1.29 is 4.43 Å². The third-order valence-corrected chi connectivity index (χ3v) is 12.1. The number of aromatic nitrogens is 2. The quantitative estimate of drug-likeness (QED) is 0.436. The summed E-state index contributed by atoms with van der Waals surface area (Å²) < 4.78 is 7.05. The lowest BCUT2D eigenvalue weighted by atomic mass is 10.1. The van der Waals surface area contributed by atoms with Crippen molar-refractivity contribution in [2.45, 2.75) is 38.7 Å². The fraction of sp³-hybridized carbons (Fsp3) is 0.280. The second kappa shape index (κ2) is 8.53. The molecule has 6 heteroatoms. The van der Waals surface area contributed by atoms with Crippen molar-refractivity contribution in [2.24, 2.45) is 0 Å². The summed E-state index contributed by atoms with van der Waals surface area (Å²) in [6.07, 6.45) is 1.47. The molecule has 1 N–H and O–H groups in total. The van der Waals surface area contributed by atoms with E-state index in [-0.39, 0.29) is 16.5 Å². The van der Waals surface area contributed by atoms with E-state index < -0.39 is 8.32 Å². The van der Waals surface area contributed by atoms with E-state index in [2.05, 4.69) is 98.3 Å². The standard InChI is InChI=1S/C25H28N2O2SSi/c1-18(22-15-21-23(28)26-17-27-24(21)30-22)16-29-31(25(2,3)4,19-11-7-5-8-12-19)20-13-9-6-10-14-20/h5-15,17-18H,16H2,1-4H3,(H,26,27,28)/t18-/m0/s1. The number of aromatic amines is 1. The molecule has 0 fully saturated rings. The monoisotopic (exact) mass is 448 g/mol. The van der Waals surface area contributed by atoms with E-state index in [9.17, 15) is 4.79 Å². The van der Waals surface area contributed by atoms with Gasteiger partial charge in [-0.05, 0) is 21.5 Å². The Morgan fingerprint density at radius 3 is 2.13 bits per heavy atom. The van der Waals surface area contributed by atoms with Crippen molar-refractivity contribution in [3.63, 3.8) is 0 Å². The molecule has 4 rings (SSSR count). The smallest absolute Gasteiger partial charge is 0.261 e. The van der Waals surface area contributed by atoms with Gasteiger partial charge in [0.2, 0.25) is 0 Å². The summed E-state index contributed by atoms with van der Waals surface area (Å²) in [5.74, 6) is 0.153. The van der Waals surface area contributed by atoms with Gasteiger partial charge in [0.15, 0.2) is 0 Å². The Balaban J connectivity index is 1.74. The maximum absolute atomic E-state index is 12.1. The lowest BCUT2D eigenvalue weighted by Crippen LogP contribution is -2.66. The Morgan fingerprint density at radius 2 is 1.61 bits per heavy atom. The minimum absolute atomic E-state index is 0.0612. The predicted molar refractivity (Wildman–Crippen MR) is 132 cm³/mol. The second-order valence-corrected chi connectivity index (χ2v) is 14.3. The topological polar surface area (TPSA) is 55.0 Å². The lowest BCUT2D eigenvalue weighted by Gasteiger charge is -2.43. The van der Waals surface area contributed by atoms with Gasteiger partial charge in [-0.15, -0.1) is 11.3 Å². The Morgan fingerprint density at radius 1 is 1.03 bits per heavy atom. The largest absolute Gasteiger partial charge is 0.407 e. The first-order valence-electron chi connectivity index (χ1n) is 10.5. The summed E-state index contributed by atoms with van der Waals surface area (Å²) in [5.41, 5.74) is -0.0902. The summed E-state index contributed by atoms with van der Waals surface area (Å²) in [7, 11) is -2.57. The Labute approximate surface area is 188 Å². The molecule has 2 aromatic heterocycles. The van der Waals surface area contributed by atoms with Crippen LogP contribution in [-0.2, 0) is 4.43 Å². The molecule has 1 atom stereocenters. The molecule has 4 aromatic rings. The van der Waals surface area contributed by atoms with Gasteiger partial charge in [-0.1, -0.05) is 88.4 Å². The molecule has 160 valence electrons. The van der Waals surface area contributed by atoms with E-state index in [0.29, 0.717) is 12.0 Å². The van der Waals surface area contributed by atoms with Crippen LogP contribution in [0, 0.1) is 0 Å². The van der Waals surface area contributed by atoms with Gasteiger partial charge in [0.05, 0.1) is 11.7 Å². The number of hydrogen-bond acceptors (Lipinski definition) is 4. The summed E-state index contributed by atoms with van der Waals surface area (Å²) >= 11 is 1.57. The van der Waals surface area contributed by atoms with Gasteiger partial charge in [0.25, 0.3) is 13.9 Å². The first-order chi connectivity index (χ1) is 14.8. The van der Waals surface area contributed by atoms with Crippen molar-refractivity contribution in [1.29, 1.82) is 0 Å². The number of thiophene rings is 1. The Hall–Kier alpha value is -2.54. The van der Waals surface area contributed by atoms with E-state index in [0.717, 1.165) is 9.71 Å². The number of H-pyrrole nitrogens is 1. The number of nitrogens with zero attached hydrogens (tertiary/aromatic N) is 1. The SMILES string of the molecule is C[C@@H](CO[Si](c1ccccc1)(c1ccccc1)C(C)(C)C)c1cc2c(=O)[nH]cnc2s1. The number of benzene rings is 2. The summed E-state index contributed by atoms with van der Waals surface area (Å²) in [6.45, 7) is 9.60. The van der Waals surface area contributed by atoms with Crippen LogP contribution in [0.4, 0.5) is 0 Å². The molecule has 0 aliphatic carbocycles. The van der Waals surface area contributed by atoms with Crippen LogP contribution >= 0.6 is 11.3 Å². The van der Waals surface area contributed by atoms with Gasteiger partial charge in [-0.3, -0.25) is 4.79 Å². The van der Waals surface area contributed by atoms with Gasteiger partial charge in [-0.2, -0.15) is 0 Å². The first-order valence-corrected chi connectivity index (χ1v) is 13.3. The molecule has 31 heavy (non-hydrogen) atoms. The maximum Gasteiger partial charge on any atom is 0.261 e. The zero-order valence-corrected chi connectivity index (χ0v) is 20.2. The van der Waals surface area contributed by atoms with Gasteiger partial charge in [0, 0.05) is 17.4 Å². The van der Waals surface area contributed by atoms with Crippen LogP contribution in [-0.4, -0.2) is 24.9 Å². The van der Waals surface area contributed by atoms with Crippen LogP contribution in [0.3, 0.4) is 0 Å². The van der Waals surface area contributed by atoms with Crippen LogP contribution in [0.5, 0.6) is 0 Å². The molecule has 0 saturated carbocycles. The highest BCUT2D eigenvalue weighted by atomic mass is 32.1. The van der Waals surface area contributed by atoms with E-state index in [1.165, 1.54) is 16.7 Å². The number of rotatable bonds is 6. The average Bonchev–Trinajstić information content (AvgIpc) is 3.21. The van der Waals surface area contributed by atoms with Crippen molar-refractivity contribution in [1.82, 2.24) is 9.97 Å². The number of nitrogens with one attached hydrogen (secondary N) is 1. The van der Waals surface area contributed by atoms with Crippen LogP contribution < -0.4 is 15.9 Å². The van der Waals surface area contributed by atoms with Crippen LogP contribution in [0.25, 0.3) is 10.2 Å². The molecular weight excluding hydrogens is 420 g/mol. The van der Waals surface area contributed by atoms with Crippen molar-refractivity contribution in [2.75, 3.05) is 6.61 Å². The number of fused-ring (bicyclic) bond motifs is 1. The third kappa shape index (κ3) is 4.03. The molecule has 2 heterocycles. The number of hydrogen-bond donors (Lipinski definition) is 1. The molecule has 0 aliphatic rings. The molecule has 0 amide bonds. The highest BCUT2D eigenvalue weighted by Crippen LogP contribution is 2.38. The molecule has 0 unspecified atom stereocenters. The van der Waals surface area contributed by atoms with E-state index in [1.807, 2.05) is 6.07 Å². The molecule has 0 bridgehead atoms. The molecule has 4 nitrogen and oxygen atoms in total. The van der Waals surface area contributed by atoms with Crippen molar-refractivity contribution in [3.05, 3.63) is 88.3 Å². The van der Waals surface area contributed by atoms with Crippen molar-refractivity contribution >= 4 is 40.2 Å². The van der Waals surface area contributed by atoms with Gasteiger partial charge in [-0.25, -0.2) is 4.98 Å². The zero-order valence-electron chi connectivity index (χ0n) is 18.4. The van der Waals surface area contributed by atoms with Gasteiger partial charge < -0.3 is 9.41 Å².